The first-order chi connectivity index (χ1) is 17.8. The molecule has 0 fully saturated rings. The second kappa shape index (κ2) is 10.6. The molecule has 0 unspecified atom stereocenters. The zero-order valence-electron chi connectivity index (χ0n) is 20.3. The number of halogens is 5. The number of carboxylic acid groups (broad SMARTS) is 1. The second-order valence-electron chi connectivity index (χ2n) is 9.55. The number of fused-ring (bicyclic) bond motifs is 1. The fraction of sp³-hybridized carbons (Fsp3) is 0.286. The number of aliphatic carboxylic acids is 1. The number of ether oxygens (including phenoxy) is 1. The lowest BCUT2D eigenvalue weighted by Crippen LogP contribution is -2.33. The molecule has 1 N–H and O–H groups in total. The van der Waals surface area contributed by atoms with Gasteiger partial charge in [-0.1, -0.05) is 29.8 Å². The third-order valence-corrected chi connectivity index (χ3v) is 6.61. The summed E-state index contributed by atoms with van der Waals surface area (Å²) in [5, 5.41) is 9.16. The van der Waals surface area contributed by atoms with Crippen molar-refractivity contribution < 1.29 is 37.0 Å². The highest BCUT2D eigenvalue weighted by atomic mass is 35.5. The number of amides is 1. The smallest absolute Gasteiger partial charge is 0.416 e. The maximum Gasteiger partial charge on any atom is 0.416 e. The van der Waals surface area contributed by atoms with E-state index in [9.17, 15) is 27.2 Å². The molecule has 1 aliphatic rings. The highest BCUT2D eigenvalue weighted by molar-refractivity contribution is 6.30. The Labute approximate surface area is 221 Å². The van der Waals surface area contributed by atoms with Gasteiger partial charge in [-0.2, -0.15) is 13.2 Å². The number of nitrogens with zero attached hydrogens (tertiary/aromatic N) is 1. The van der Waals surface area contributed by atoms with E-state index in [0.29, 0.717) is 24.2 Å². The van der Waals surface area contributed by atoms with Crippen molar-refractivity contribution in [1.82, 2.24) is 4.90 Å². The Bertz CT molecular complexity index is 1380. The molecule has 5 nitrogen and oxygen atoms in total. The number of hydrogen-bond donors (Lipinski definition) is 1. The predicted octanol–water partition coefficient (Wildman–Crippen LogP) is 6.55. The molecule has 0 radical (unpaired) electrons. The third-order valence-electron chi connectivity index (χ3n) is 6.30. The molecule has 3 aromatic rings. The van der Waals surface area contributed by atoms with Gasteiger partial charge < -0.3 is 14.7 Å². The molecule has 0 spiro atoms. The first-order valence-corrected chi connectivity index (χ1v) is 12.1. The van der Waals surface area contributed by atoms with Crippen LogP contribution in [0.5, 0.6) is 5.75 Å². The monoisotopic (exact) mass is 549 g/mol. The van der Waals surface area contributed by atoms with E-state index in [1.54, 1.807) is 18.2 Å². The van der Waals surface area contributed by atoms with Crippen LogP contribution >= 0.6 is 11.6 Å². The largest absolute Gasteiger partial charge is 0.487 e. The lowest BCUT2D eigenvalue weighted by Gasteiger charge is -2.24. The Hall–Kier alpha value is -3.59. The molecule has 0 aliphatic carbocycles. The topological polar surface area (TPSA) is 66.8 Å². The van der Waals surface area contributed by atoms with Crippen molar-refractivity contribution in [3.63, 3.8) is 0 Å². The number of hydrogen-bond acceptors (Lipinski definition) is 3. The van der Waals surface area contributed by atoms with Crippen LogP contribution in [0.3, 0.4) is 0 Å². The van der Waals surface area contributed by atoms with E-state index < -0.39 is 35.0 Å². The quantitative estimate of drug-likeness (QED) is 0.324. The summed E-state index contributed by atoms with van der Waals surface area (Å²) in [6.45, 7) is 1.50. The summed E-state index contributed by atoms with van der Waals surface area (Å²) in [7, 11) is 0. The average Bonchev–Trinajstić information content (AvgIpc) is 3.18. The van der Waals surface area contributed by atoms with E-state index >= 15 is 0 Å². The maximum atomic E-state index is 13.9. The first-order valence-electron chi connectivity index (χ1n) is 11.8. The van der Waals surface area contributed by atoms with E-state index in [1.165, 1.54) is 35.2 Å². The summed E-state index contributed by atoms with van der Waals surface area (Å²) < 4.78 is 59.5. The van der Waals surface area contributed by atoms with E-state index in [4.69, 9.17) is 21.4 Å². The molecule has 0 saturated carbocycles. The van der Waals surface area contributed by atoms with Crippen LogP contribution in [0.2, 0.25) is 5.02 Å². The van der Waals surface area contributed by atoms with Crippen molar-refractivity contribution in [2.24, 2.45) is 0 Å². The molecule has 4 rings (SSSR count). The van der Waals surface area contributed by atoms with E-state index in [-0.39, 0.29) is 35.7 Å². The molecule has 0 bridgehead atoms. The van der Waals surface area contributed by atoms with Crippen molar-refractivity contribution >= 4 is 23.5 Å². The van der Waals surface area contributed by atoms with Crippen molar-refractivity contribution in [2.75, 3.05) is 6.54 Å². The van der Waals surface area contributed by atoms with Gasteiger partial charge in [0.05, 0.1) is 17.0 Å². The van der Waals surface area contributed by atoms with Crippen LogP contribution in [0.25, 0.3) is 0 Å². The van der Waals surface area contributed by atoms with Crippen LogP contribution in [0, 0.1) is 5.82 Å². The highest BCUT2D eigenvalue weighted by Crippen LogP contribution is 2.38. The van der Waals surface area contributed by atoms with Crippen LogP contribution < -0.4 is 4.74 Å². The predicted molar refractivity (Wildman–Crippen MR) is 133 cm³/mol. The Balaban J connectivity index is 1.54. The highest BCUT2D eigenvalue weighted by Gasteiger charge is 2.36. The lowest BCUT2D eigenvalue weighted by atomic mass is 9.91. The van der Waals surface area contributed by atoms with Gasteiger partial charge in [-0.3, -0.25) is 9.59 Å². The van der Waals surface area contributed by atoms with Gasteiger partial charge in [0.1, 0.15) is 17.2 Å². The number of alkyl halides is 3. The van der Waals surface area contributed by atoms with Gasteiger partial charge in [-0.15, -0.1) is 0 Å². The number of rotatable bonds is 8. The Morgan fingerprint density at radius 3 is 2.53 bits per heavy atom. The molecule has 10 heteroatoms. The molecule has 1 heterocycles. The SMILES string of the molecule is C[C@@]1(Cc2ccc(Cl)c(F)c2)Cc2cc(C(=O)N(CCC(=O)O)Cc3cccc(C(F)(F)F)c3)ccc2O1. The van der Waals surface area contributed by atoms with Crippen molar-refractivity contribution in [3.05, 3.63) is 99.3 Å². The van der Waals surface area contributed by atoms with Crippen LogP contribution in [0.4, 0.5) is 17.6 Å². The number of carbonyl (C=O) groups excluding carboxylic acids is 1. The van der Waals surface area contributed by atoms with Crippen LogP contribution in [0.15, 0.2) is 60.7 Å². The lowest BCUT2D eigenvalue weighted by molar-refractivity contribution is -0.138. The fourth-order valence-corrected chi connectivity index (χ4v) is 4.68. The van der Waals surface area contributed by atoms with Crippen LogP contribution in [0.1, 0.15) is 46.0 Å². The maximum absolute atomic E-state index is 13.9. The van der Waals surface area contributed by atoms with Crippen molar-refractivity contribution in [3.8, 4) is 5.75 Å². The molecular weight excluding hydrogens is 526 g/mol. The van der Waals surface area contributed by atoms with Gasteiger partial charge in [0.25, 0.3) is 5.91 Å². The van der Waals surface area contributed by atoms with Gasteiger partial charge in [0, 0.05) is 31.5 Å². The average molecular weight is 550 g/mol. The van der Waals surface area contributed by atoms with Gasteiger partial charge in [-0.25, -0.2) is 4.39 Å². The van der Waals surface area contributed by atoms with Crippen molar-refractivity contribution in [1.29, 1.82) is 0 Å². The zero-order valence-corrected chi connectivity index (χ0v) is 21.1. The van der Waals surface area contributed by atoms with Crippen LogP contribution in [-0.2, 0) is 30.4 Å². The van der Waals surface area contributed by atoms with Gasteiger partial charge >= 0.3 is 12.1 Å². The second-order valence-corrected chi connectivity index (χ2v) is 9.95. The molecule has 0 saturated heterocycles. The number of benzene rings is 3. The first kappa shape index (κ1) is 27.4. The number of carboxylic acids is 1. The minimum absolute atomic E-state index is 0.0234. The van der Waals surface area contributed by atoms with E-state index in [0.717, 1.165) is 17.7 Å². The third kappa shape index (κ3) is 6.45. The summed E-state index contributed by atoms with van der Waals surface area (Å²) in [4.78, 5) is 25.8. The summed E-state index contributed by atoms with van der Waals surface area (Å²) in [6.07, 6.45) is -4.10. The van der Waals surface area contributed by atoms with Gasteiger partial charge in [-0.05, 0) is 66.1 Å². The van der Waals surface area contributed by atoms with E-state index in [1.807, 2.05) is 6.92 Å². The molecular formula is C28H24ClF4NO4. The molecule has 3 aromatic carbocycles. The van der Waals surface area contributed by atoms with Gasteiger partial charge in [0.2, 0.25) is 0 Å². The minimum Gasteiger partial charge on any atom is -0.487 e. The summed E-state index contributed by atoms with van der Waals surface area (Å²) >= 11 is 5.77. The van der Waals surface area contributed by atoms with E-state index in [2.05, 4.69) is 0 Å². The molecule has 38 heavy (non-hydrogen) atoms. The molecule has 1 aliphatic heterocycles. The fourth-order valence-electron chi connectivity index (χ4n) is 4.57. The Morgan fingerprint density at radius 2 is 1.84 bits per heavy atom. The Kier molecular flexibility index (Phi) is 7.69. The molecule has 0 aromatic heterocycles. The van der Waals surface area contributed by atoms with Crippen LogP contribution in [-0.4, -0.2) is 34.0 Å². The molecule has 1 atom stereocenters. The van der Waals surface area contributed by atoms with Crippen molar-refractivity contribution in [2.45, 2.75) is 44.5 Å². The standard InChI is InChI=1S/C28H24ClF4NO4/c1-27(14-17-5-7-22(29)23(30)12-17)15-20-13-19(6-8-24(20)38-27)26(37)34(10-9-25(35)36)16-18-3-2-4-21(11-18)28(31,32)33/h2-8,11-13H,9-10,14-16H2,1H3,(H,35,36)/t27-/m1/s1. The van der Waals surface area contributed by atoms with Gasteiger partial charge in [0.15, 0.2) is 0 Å². The minimum atomic E-state index is -4.55. The molecule has 200 valence electrons. The summed E-state index contributed by atoms with van der Waals surface area (Å²) in [5.41, 5.74) is 0.364. The summed E-state index contributed by atoms with van der Waals surface area (Å²) in [6, 6.07) is 13.9. The Morgan fingerprint density at radius 1 is 1.08 bits per heavy atom. The number of carbonyl (C=O) groups is 2. The molecule has 1 amide bonds. The summed E-state index contributed by atoms with van der Waals surface area (Å²) in [5.74, 6) is -1.62. The normalized spacial score (nSPS) is 16.6. The zero-order chi connectivity index (χ0) is 27.7.